The van der Waals surface area contributed by atoms with Crippen LogP contribution in [-0.2, 0) is 16.2 Å². The number of aromatic nitrogens is 1. The molecule has 0 N–H and O–H groups in total. The van der Waals surface area contributed by atoms with Gasteiger partial charge in [0.2, 0.25) is 0 Å². The minimum atomic E-state index is -4.50. The molecule has 9 heteroatoms. The Balaban J connectivity index is 1.69. The predicted octanol–water partition coefficient (Wildman–Crippen LogP) is 4.43. The molecule has 2 aliphatic rings. The molecule has 30 heavy (non-hydrogen) atoms. The molecule has 2 aromatic carbocycles. The molecule has 0 bridgehead atoms. The number of nitrogens with zero attached hydrogens (tertiary/aromatic N) is 3. The average Bonchev–Trinajstić information content (AvgIpc) is 3.20. The highest BCUT2D eigenvalue weighted by atomic mass is 32.2. The highest BCUT2D eigenvalue weighted by Crippen LogP contribution is 2.45. The highest BCUT2D eigenvalue weighted by molar-refractivity contribution is 7.93. The maximum Gasteiger partial charge on any atom is 0.416 e. The zero-order chi connectivity index (χ0) is 21.1. The summed E-state index contributed by atoms with van der Waals surface area (Å²) in [6, 6.07) is 11.5. The maximum absolute atomic E-state index is 13.7. The number of anilines is 2. The quantitative estimate of drug-likeness (QED) is 0.600. The summed E-state index contributed by atoms with van der Waals surface area (Å²) in [5.74, 6) is 0. The van der Waals surface area contributed by atoms with Gasteiger partial charge in [0.15, 0.2) is 0 Å². The minimum absolute atomic E-state index is 0.0536. The Kier molecular flexibility index (Phi) is 4.22. The molecule has 0 aliphatic carbocycles. The van der Waals surface area contributed by atoms with Crippen molar-refractivity contribution in [1.29, 1.82) is 0 Å². The van der Waals surface area contributed by atoms with E-state index >= 15 is 0 Å². The van der Waals surface area contributed by atoms with E-state index in [0.29, 0.717) is 23.1 Å². The van der Waals surface area contributed by atoms with E-state index < -0.39 is 21.8 Å². The number of fused-ring (bicyclic) bond motifs is 4. The highest BCUT2D eigenvalue weighted by Gasteiger charge is 2.41. The van der Waals surface area contributed by atoms with E-state index in [1.54, 1.807) is 24.3 Å². The normalized spacial score (nSPS) is 19.1. The molecule has 0 saturated carbocycles. The molecule has 1 aromatic heterocycles. The Labute approximate surface area is 171 Å². The first-order valence-electron chi connectivity index (χ1n) is 9.61. The number of para-hydroxylation sites is 1. The average molecular weight is 433 g/mol. The second-order valence-electron chi connectivity index (χ2n) is 7.56. The molecule has 3 heterocycles. The van der Waals surface area contributed by atoms with Gasteiger partial charge in [0.1, 0.15) is 4.90 Å². The largest absolute Gasteiger partial charge is 0.416 e. The Morgan fingerprint density at radius 1 is 1.03 bits per heavy atom. The van der Waals surface area contributed by atoms with Crippen LogP contribution in [0.2, 0.25) is 0 Å². The molecule has 156 valence electrons. The summed E-state index contributed by atoms with van der Waals surface area (Å²) >= 11 is 0. The number of hydrogen-bond donors (Lipinski definition) is 0. The second kappa shape index (κ2) is 6.60. The van der Waals surface area contributed by atoms with Gasteiger partial charge < -0.3 is 4.90 Å². The lowest BCUT2D eigenvalue weighted by Crippen LogP contribution is -2.48. The third-order valence-corrected chi connectivity index (χ3v) is 7.61. The summed E-state index contributed by atoms with van der Waals surface area (Å²) in [6.45, 7) is 0.812. The topological polar surface area (TPSA) is 53.5 Å². The van der Waals surface area contributed by atoms with Gasteiger partial charge in [-0.15, -0.1) is 0 Å². The lowest BCUT2D eigenvalue weighted by atomic mass is 10.1. The number of halogens is 3. The Hall–Kier alpha value is -2.81. The molecule has 2 aliphatic heterocycles. The molecule has 5 nitrogen and oxygen atoms in total. The third-order valence-electron chi connectivity index (χ3n) is 5.80. The monoisotopic (exact) mass is 433 g/mol. The molecular formula is C21H18F3N3O2S. The van der Waals surface area contributed by atoms with Crippen molar-refractivity contribution >= 4 is 32.3 Å². The first kappa shape index (κ1) is 19.2. The minimum Gasteiger partial charge on any atom is -0.365 e. The van der Waals surface area contributed by atoms with Crippen molar-refractivity contribution in [3.63, 3.8) is 0 Å². The van der Waals surface area contributed by atoms with Crippen LogP contribution in [0.5, 0.6) is 0 Å². The van der Waals surface area contributed by atoms with Gasteiger partial charge in [0, 0.05) is 24.2 Å². The fourth-order valence-corrected chi connectivity index (χ4v) is 6.09. The third kappa shape index (κ3) is 2.91. The standard InChI is InChI=1S/C21H18F3N3O2S/c22-21(23,24)15-8-9-17-18(12-15)26-11-3-6-16(26)13-27(17)30(28,29)19-7-1-4-14-5-2-10-25-20(14)19/h1-2,4-5,7-10,12,16H,3,6,11,13H2/t16-/m0/s1. The smallest absolute Gasteiger partial charge is 0.365 e. The fourth-order valence-electron chi connectivity index (χ4n) is 4.40. The van der Waals surface area contributed by atoms with Crippen LogP contribution in [0.4, 0.5) is 24.5 Å². The fraction of sp³-hybridized carbons (Fsp3) is 0.286. The zero-order valence-electron chi connectivity index (χ0n) is 15.8. The Morgan fingerprint density at radius 3 is 2.63 bits per heavy atom. The first-order chi connectivity index (χ1) is 14.3. The molecule has 0 amide bonds. The van der Waals surface area contributed by atoms with Crippen LogP contribution in [0, 0.1) is 0 Å². The van der Waals surface area contributed by atoms with Crippen molar-refractivity contribution in [2.45, 2.75) is 30.0 Å². The zero-order valence-corrected chi connectivity index (χ0v) is 16.6. The van der Waals surface area contributed by atoms with Gasteiger partial charge >= 0.3 is 6.18 Å². The summed E-state index contributed by atoms with van der Waals surface area (Å²) in [4.78, 5) is 6.20. The summed E-state index contributed by atoms with van der Waals surface area (Å²) in [7, 11) is -4.03. The summed E-state index contributed by atoms with van der Waals surface area (Å²) in [6.07, 6.45) is -1.43. The van der Waals surface area contributed by atoms with E-state index in [9.17, 15) is 21.6 Å². The van der Waals surface area contributed by atoms with Crippen molar-refractivity contribution in [2.24, 2.45) is 0 Å². The molecule has 1 saturated heterocycles. The lowest BCUT2D eigenvalue weighted by molar-refractivity contribution is -0.137. The van der Waals surface area contributed by atoms with Gasteiger partial charge in [0.25, 0.3) is 10.0 Å². The van der Waals surface area contributed by atoms with Crippen LogP contribution in [0.1, 0.15) is 18.4 Å². The molecule has 1 atom stereocenters. The van der Waals surface area contributed by atoms with Crippen molar-refractivity contribution in [1.82, 2.24) is 4.98 Å². The molecular weight excluding hydrogens is 415 g/mol. The molecule has 0 radical (unpaired) electrons. The van der Waals surface area contributed by atoms with Gasteiger partial charge in [-0.25, -0.2) is 8.42 Å². The molecule has 0 spiro atoms. The van der Waals surface area contributed by atoms with Crippen LogP contribution < -0.4 is 9.21 Å². The van der Waals surface area contributed by atoms with E-state index in [2.05, 4.69) is 4.98 Å². The molecule has 3 aromatic rings. The number of sulfonamides is 1. The number of alkyl halides is 3. The molecule has 5 rings (SSSR count). The maximum atomic E-state index is 13.7. The van der Waals surface area contributed by atoms with Crippen LogP contribution in [0.15, 0.2) is 59.6 Å². The Morgan fingerprint density at radius 2 is 1.83 bits per heavy atom. The lowest BCUT2D eigenvalue weighted by Gasteiger charge is -2.40. The van der Waals surface area contributed by atoms with E-state index in [-0.39, 0.29) is 23.2 Å². The van der Waals surface area contributed by atoms with Gasteiger partial charge in [-0.1, -0.05) is 18.2 Å². The Bertz CT molecular complexity index is 1240. The van der Waals surface area contributed by atoms with Crippen LogP contribution in [0.3, 0.4) is 0 Å². The van der Waals surface area contributed by atoms with Gasteiger partial charge in [0.05, 0.1) is 29.0 Å². The van der Waals surface area contributed by atoms with E-state index in [4.69, 9.17) is 0 Å². The van der Waals surface area contributed by atoms with Crippen molar-refractivity contribution in [2.75, 3.05) is 22.3 Å². The van der Waals surface area contributed by atoms with Crippen LogP contribution in [0.25, 0.3) is 10.9 Å². The molecule has 1 fully saturated rings. The van der Waals surface area contributed by atoms with Crippen LogP contribution in [-0.4, -0.2) is 32.5 Å². The first-order valence-corrected chi connectivity index (χ1v) is 11.1. The van der Waals surface area contributed by atoms with Gasteiger partial charge in [-0.05, 0) is 43.2 Å². The van der Waals surface area contributed by atoms with Gasteiger partial charge in [-0.2, -0.15) is 13.2 Å². The predicted molar refractivity (Wildman–Crippen MR) is 108 cm³/mol. The van der Waals surface area contributed by atoms with E-state index in [1.807, 2.05) is 4.90 Å². The SMILES string of the molecule is O=S(=O)(c1cccc2cccnc12)N1C[C@@H]2CCCN2c2cc(C(F)(F)F)ccc21. The van der Waals surface area contributed by atoms with E-state index in [0.717, 1.165) is 25.0 Å². The van der Waals surface area contributed by atoms with Gasteiger partial charge in [-0.3, -0.25) is 9.29 Å². The molecule has 0 unspecified atom stereocenters. The number of hydrogen-bond acceptors (Lipinski definition) is 4. The second-order valence-corrected chi connectivity index (χ2v) is 9.39. The van der Waals surface area contributed by atoms with Crippen molar-refractivity contribution in [3.05, 3.63) is 60.3 Å². The summed E-state index contributed by atoms with van der Waals surface area (Å²) in [5, 5.41) is 0.686. The summed E-state index contributed by atoms with van der Waals surface area (Å²) in [5.41, 5.74) is 0.157. The van der Waals surface area contributed by atoms with Crippen molar-refractivity contribution in [3.8, 4) is 0 Å². The number of benzene rings is 2. The summed E-state index contributed by atoms with van der Waals surface area (Å²) < 4.78 is 68.5. The van der Waals surface area contributed by atoms with Crippen molar-refractivity contribution < 1.29 is 21.6 Å². The number of pyridine rings is 1. The number of rotatable bonds is 2. The van der Waals surface area contributed by atoms with E-state index in [1.165, 1.54) is 22.6 Å². The van der Waals surface area contributed by atoms with Crippen LogP contribution >= 0.6 is 0 Å².